The first-order valence-corrected chi connectivity index (χ1v) is 9.87. The van der Waals surface area contributed by atoms with Crippen LogP contribution in [-0.4, -0.2) is 39.4 Å². The number of anilines is 1. The van der Waals surface area contributed by atoms with Crippen molar-refractivity contribution in [1.29, 1.82) is 0 Å². The van der Waals surface area contributed by atoms with Crippen molar-refractivity contribution < 1.29 is 17.9 Å². The summed E-state index contributed by atoms with van der Waals surface area (Å²) in [7, 11) is -2.26. The van der Waals surface area contributed by atoms with Crippen LogP contribution in [0.25, 0.3) is 0 Å². The summed E-state index contributed by atoms with van der Waals surface area (Å²) in [4.78, 5) is 14.3. The average molecular weight is 376 g/mol. The largest absolute Gasteiger partial charge is 0.497 e. The highest BCUT2D eigenvalue weighted by molar-refractivity contribution is 7.92. The molecule has 6 nitrogen and oxygen atoms in total. The van der Waals surface area contributed by atoms with Gasteiger partial charge in [0.25, 0.3) is 15.9 Å². The molecule has 0 saturated carbocycles. The van der Waals surface area contributed by atoms with E-state index in [0.29, 0.717) is 30.1 Å². The van der Waals surface area contributed by atoms with Gasteiger partial charge in [0.15, 0.2) is 0 Å². The molecule has 0 unspecified atom stereocenters. The van der Waals surface area contributed by atoms with E-state index in [1.54, 1.807) is 49.3 Å². The minimum Gasteiger partial charge on any atom is -0.497 e. The van der Waals surface area contributed by atoms with Crippen molar-refractivity contribution >= 4 is 21.6 Å². The van der Waals surface area contributed by atoms with Gasteiger partial charge in [-0.3, -0.25) is 9.52 Å². The van der Waals surface area contributed by atoms with Gasteiger partial charge in [-0.15, -0.1) is 0 Å². The Bertz CT molecular complexity index is 873. The van der Waals surface area contributed by atoms with Crippen molar-refractivity contribution in [2.75, 3.05) is 24.9 Å². The van der Waals surface area contributed by atoms with Crippen LogP contribution in [0.15, 0.2) is 47.4 Å². The Morgan fingerprint density at radius 2 is 1.69 bits per heavy atom. The van der Waals surface area contributed by atoms with E-state index < -0.39 is 10.0 Å². The van der Waals surface area contributed by atoms with Crippen molar-refractivity contribution in [1.82, 2.24) is 4.90 Å². The third kappa shape index (κ3) is 4.35. The number of sulfonamides is 1. The lowest BCUT2D eigenvalue weighted by atomic mass is 10.1. The molecular formula is C19H24N2O4S. The van der Waals surface area contributed by atoms with E-state index >= 15 is 0 Å². The van der Waals surface area contributed by atoms with Crippen LogP contribution in [0.4, 0.5) is 5.69 Å². The molecule has 0 bridgehead atoms. The van der Waals surface area contributed by atoms with Gasteiger partial charge in [-0.25, -0.2) is 8.42 Å². The Labute approximate surface area is 154 Å². The molecule has 0 aromatic heterocycles. The van der Waals surface area contributed by atoms with Crippen molar-refractivity contribution in [3.63, 3.8) is 0 Å². The number of carbonyl (C=O) groups is 1. The number of nitrogens with one attached hydrogen (secondary N) is 1. The molecule has 7 heteroatoms. The van der Waals surface area contributed by atoms with Crippen LogP contribution >= 0.6 is 0 Å². The fourth-order valence-corrected chi connectivity index (χ4v) is 3.64. The Hall–Kier alpha value is -2.54. The Morgan fingerprint density at radius 1 is 1.08 bits per heavy atom. The van der Waals surface area contributed by atoms with E-state index in [1.807, 2.05) is 13.8 Å². The average Bonchev–Trinajstić information content (AvgIpc) is 2.63. The second-order valence-corrected chi connectivity index (χ2v) is 7.47. The van der Waals surface area contributed by atoms with Gasteiger partial charge in [0.1, 0.15) is 5.75 Å². The summed E-state index contributed by atoms with van der Waals surface area (Å²) < 4.78 is 33.0. The van der Waals surface area contributed by atoms with Crippen LogP contribution in [-0.2, 0) is 10.0 Å². The minimum atomic E-state index is -3.81. The predicted octanol–water partition coefficient (Wildman–Crippen LogP) is 3.29. The van der Waals surface area contributed by atoms with Gasteiger partial charge in [0.05, 0.1) is 12.0 Å². The number of rotatable bonds is 7. The number of benzene rings is 2. The maximum atomic E-state index is 12.7. The fourth-order valence-electron chi connectivity index (χ4n) is 2.55. The third-order valence-electron chi connectivity index (χ3n) is 4.14. The standard InChI is InChI=1S/C19H24N2O4S/c1-5-21(6-2)19(22)18-13-17(12-7-14(18)3)26(23,24)20-15-8-10-16(25-4)11-9-15/h7-13,20H,5-6H2,1-4H3. The van der Waals surface area contributed by atoms with Crippen LogP contribution in [0.3, 0.4) is 0 Å². The quantitative estimate of drug-likeness (QED) is 0.805. The SMILES string of the molecule is CCN(CC)C(=O)c1cc(S(=O)(=O)Nc2ccc(OC)cc2)ccc1C. The first-order valence-electron chi connectivity index (χ1n) is 8.39. The molecule has 0 heterocycles. The molecule has 140 valence electrons. The van der Waals surface area contributed by atoms with Gasteiger partial charge in [-0.05, 0) is 62.7 Å². The second-order valence-electron chi connectivity index (χ2n) is 5.79. The predicted molar refractivity (Wildman–Crippen MR) is 102 cm³/mol. The number of hydrogen-bond donors (Lipinski definition) is 1. The molecule has 0 atom stereocenters. The molecule has 0 fully saturated rings. The second kappa shape index (κ2) is 8.23. The van der Waals surface area contributed by atoms with Gasteiger partial charge in [0.2, 0.25) is 0 Å². The highest BCUT2D eigenvalue weighted by atomic mass is 32.2. The van der Waals surface area contributed by atoms with E-state index in [4.69, 9.17) is 4.74 Å². The van der Waals surface area contributed by atoms with Gasteiger partial charge in [0, 0.05) is 24.3 Å². The molecule has 26 heavy (non-hydrogen) atoms. The van der Waals surface area contributed by atoms with E-state index in [2.05, 4.69) is 4.72 Å². The number of carbonyl (C=O) groups excluding carboxylic acids is 1. The van der Waals surface area contributed by atoms with Crippen molar-refractivity contribution in [2.24, 2.45) is 0 Å². The number of methoxy groups -OCH3 is 1. The maximum Gasteiger partial charge on any atom is 0.261 e. The van der Waals surface area contributed by atoms with Crippen molar-refractivity contribution in [3.8, 4) is 5.75 Å². The Morgan fingerprint density at radius 3 is 2.23 bits per heavy atom. The van der Waals surface area contributed by atoms with E-state index in [1.165, 1.54) is 12.1 Å². The van der Waals surface area contributed by atoms with Crippen molar-refractivity contribution in [2.45, 2.75) is 25.7 Å². The van der Waals surface area contributed by atoms with Crippen LogP contribution in [0, 0.1) is 6.92 Å². The van der Waals surface area contributed by atoms with Crippen LogP contribution in [0.2, 0.25) is 0 Å². The first-order chi connectivity index (χ1) is 12.3. The van der Waals surface area contributed by atoms with Crippen LogP contribution in [0.5, 0.6) is 5.75 Å². The van der Waals surface area contributed by atoms with Gasteiger partial charge in [-0.1, -0.05) is 6.07 Å². The van der Waals surface area contributed by atoms with E-state index in [0.717, 1.165) is 5.56 Å². The number of aryl methyl sites for hydroxylation is 1. The number of ether oxygens (including phenoxy) is 1. The minimum absolute atomic E-state index is 0.0504. The Balaban J connectivity index is 2.34. The van der Waals surface area contributed by atoms with Gasteiger partial charge >= 0.3 is 0 Å². The summed E-state index contributed by atoms with van der Waals surface area (Å²) in [6.07, 6.45) is 0. The first kappa shape index (κ1) is 19.8. The molecule has 2 rings (SSSR count). The summed E-state index contributed by atoms with van der Waals surface area (Å²) >= 11 is 0. The van der Waals surface area contributed by atoms with E-state index in [-0.39, 0.29) is 10.8 Å². The van der Waals surface area contributed by atoms with Crippen molar-refractivity contribution in [3.05, 3.63) is 53.6 Å². The fraction of sp³-hybridized carbons (Fsp3) is 0.316. The molecule has 0 radical (unpaired) electrons. The van der Waals surface area contributed by atoms with Crippen LogP contribution < -0.4 is 9.46 Å². The lowest BCUT2D eigenvalue weighted by Gasteiger charge is -2.20. The molecule has 0 aliphatic rings. The summed E-state index contributed by atoms with van der Waals surface area (Å²) in [6, 6.07) is 11.2. The lowest BCUT2D eigenvalue weighted by molar-refractivity contribution is 0.0772. The Kier molecular flexibility index (Phi) is 6.26. The zero-order chi connectivity index (χ0) is 19.3. The third-order valence-corrected chi connectivity index (χ3v) is 5.52. The number of nitrogens with zero attached hydrogens (tertiary/aromatic N) is 1. The van der Waals surface area contributed by atoms with Crippen LogP contribution in [0.1, 0.15) is 29.8 Å². The highest BCUT2D eigenvalue weighted by Crippen LogP contribution is 2.22. The lowest BCUT2D eigenvalue weighted by Crippen LogP contribution is -2.31. The summed E-state index contributed by atoms with van der Waals surface area (Å²) in [5.74, 6) is 0.462. The highest BCUT2D eigenvalue weighted by Gasteiger charge is 2.20. The molecule has 0 spiro atoms. The molecule has 0 saturated heterocycles. The molecule has 0 aliphatic heterocycles. The molecule has 1 amide bonds. The molecule has 1 N–H and O–H groups in total. The normalized spacial score (nSPS) is 11.1. The smallest absolute Gasteiger partial charge is 0.261 e. The molecule has 2 aromatic carbocycles. The topological polar surface area (TPSA) is 75.7 Å². The summed E-state index contributed by atoms with van der Waals surface area (Å²) in [5, 5.41) is 0. The molecular weight excluding hydrogens is 352 g/mol. The number of hydrogen-bond acceptors (Lipinski definition) is 4. The zero-order valence-corrected chi connectivity index (χ0v) is 16.3. The summed E-state index contributed by atoms with van der Waals surface area (Å²) in [6.45, 7) is 6.71. The molecule has 0 aliphatic carbocycles. The van der Waals surface area contributed by atoms with E-state index in [9.17, 15) is 13.2 Å². The van der Waals surface area contributed by atoms with Gasteiger partial charge in [-0.2, -0.15) is 0 Å². The van der Waals surface area contributed by atoms with Gasteiger partial charge < -0.3 is 9.64 Å². The maximum absolute atomic E-state index is 12.7. The zero-order valence-electron chi connectivity index (χ0n) is 15.4. The summed E-state index contributed by atoms with van der Waals surface area (Å²) in [5.41, 5.74) is 1.56. The number of amides is 1. The monoisotopic (exact) mass is 376 g/mol. The molecule has 2 aromatic rings.